The minimum atomic E-state index is 1.12. The number of hydrogen-bond acceptors (Lipinski definition) is 1. The summed E-state index contributed by atoms with van der Waals surface area (Å²) in [7, 11) is 0. The molecule has 10 aromatic rings. The van der Waals surface area contributed by atoms with Gasteiger partial charge < -0.3 is 9.47 Å². The zero-order valence-electron chi connectivity index (χ0n) is 29.4. The van der Waals surface area contributed by atoms with Crippen LogP contribution in [0.2, 0.25) is 0 Å². The third kappa shape index (κ3) is 4.05. The van der Waals surface area contributed by atoms with E-state index in [1.54, 1.807) is 0 Å². The first-order valence-electron chi connectivity index (χ1n) is 18.7. The maximum atomic E-state index is 2.47. The SMILES string of the molecule is c1ccc(-n2c3ccccc3c3cc(N(c4ccc5c(c4)-c4c6cccc4-c4cccc-5c4-c4ccccc4-6)c4cccc5ccccc45)ccc32)cc1. The lowest BCUT2D eigenvalue weighted by Crippen LogP contribution is -2.11. The van der Waals surface area contributed by atoms with E-state index in [0.29, 0.717) is 0 Å². The summed E-state index contributed by atoms with van der Waals surface area (Å²) in [6.07, 6.45) is 0. The Balaban J connectivity index is 1.15. The predicted octanol–water partition coefficient (Wildman–Crippen LogP) is 14.4. The molecule has 0 N–H and O–H groups in total. The Morgan fingerprint density at radius 2 is 0.852 bits per heavy atom. The first-order valence-corrected chi connectivity index (χ1v) is 18.7. The Hall–Kier alpha value is -7.16. The molecule has 0 unspecified atom stereocenters. The van der Waals surface area contributed by atoms with Gasteiger partial charge in [0.1, 0.15) is 0 Å². The van der Waals surface area contributed by atoms with Crippen LogP contribution >= 0.6 is 0 Å². The zero-order valence-corrected chi connectivity index (χ0v) is 29.4. The van der Waals surface area contributed by atoms with E-state index < -0.39 is 0 Å². The number of para-hydroxylation sites is 2. The number of aromatic nitrogens is 1. The molecule has 1 aromatic heterocycles. The molecule has 0 fully saturated rings. The standard InChI is InChI=1S/C52H32N2/c1-2-15-34(16-3-1)54-49-25-9-8-19-40(49)46-31-36(28-30-50(46)54)53(48-26-10-14-33-13-4-5-17-37(33)48)35-27-29-39-43-22-12-23-44-45-24-11-21-42(52(45)47(39)32-35)38-18-6-7-20-41(38)51(43)44/h1-32H. The second kappa shape index (κ2) is 11.2. The summed E-state index contributed by atoms with van der Waals surface area (Å²) >= 11 is 0. The highest BCUT2D eigenvalue weighted by Gasteiger charge is 2.31. The first kappa shape index (κ1) is 29.4. The fourth-order valence-electron chi connectivity index (χ4n) is 9.42. The van der Waals surface area contributed by atoms with Crippen molar-refractivity contribution in [2.75, 3.05) is 4.90 Å². The van der Waals surface area contributed by atoms with E-state index in [9.17, 15) is 0 Å². The Labute approximate surface area is 313 Å². The van der Waals surface area contributed by atoms with Crippen molar-refractivity contribution in [3.8, 4) is 61.3 Å². The first-order chi connectivity index (χ1) is 26.8. The lowest BCUT2D eigenvalue weighted by atomic mass is 9.83. The van der Waals surface area contributed by atoms with Gasteiger partial charge in [0.2, 0.25) is 0 Å². The number of anilines is 3. The maximum Gasteiger partial charge on any atom is 0.0542 e. The van der Waals surface area contributed by atoms with Crippen LogP contribution in [0.25, 0.3) is 93.9 Å². The monoisotopic (exact) mass is 684 g/mol. The van der Waals surface area contributed by atoms with Gasteiger partial charge in [-0.15, -0.1) is 0 Å². The van der Waals surface area contributed by atoms with E-state index in [4.69, 9.17) is 0 Å². The molecule has 2 heteroatoms. The zero-order chi connectivity index (χ0) is 35.3. The Bertz CT molecular complexity index is 3140. The molecule has 2 nitrogen and oxygen atoms in total. The minimum absolute atomic E-state index is 1.12. The van der Waals surface area contributed by atoms with Gasteiger partial charge >= 0.3 is 0 Å². The number of benzene rings is 9. The topological polar surface area (TPSA) is 8.17 Å². The van der Waals surface area contributed by atoms with Crippen molar-refractivity contribution in [2.45, 2.75) is 0 Å². The smallest absolute Gasteiger partial charge is 0.0542 e. The average molecular weight is 685 g/mol. The molecule has 0 amide bonds. The van der Waals surface area contributed by atoms with Crippen LogP contribution in [0, 0.1) is 0 Å². The lowest BCUT2D eigenvalue weighted by molar-refractivity contribution is 1.18. The summed E-state index contributed by atoms with van der Waals surface area (Å²) in [4.78, 5) is 2.47. The van der Waals surface area contributed by atoms with E-state index in [0.717, 1.165) is 22.7 Å². The molecular weight excluding hydrogens is 653 g/mol. The third-order valence-electron chi connectivity index (χ3n) is 11.7. The molecule has 12 rings (SSSR count). The van der Waals surface area contributed by atoms with Crippen LogP contribution in [0.15, 0.2) is 194 Å². The van der Waals surface area contributed by atoms with Gasteiger partial charge in [0.05, 0.1) is 16.7 Å². The molecule has 2 aliphatic rings. The molecule has 54 heavy (non-hydrogen) atoms. The van der Waals surface area contributed by atoms with Crippen molar-refractivity contribution in [3.05, 3.63) is 194 Å². The Morgan fingerprint density at radius 1 is 0.315 bits per heavy atom. The lowest BCUT2D eigenvalue weighted by Gasteiger charge is -2.29. The molecule has 0 saturated carbocycles. The van der Waals surface area contributed by atoms with Gasteiger partial charge in [-0.1, -0.05) is 140 Å². The van der Waals surface area contributed by atoms with Crippen LogP contribution in [0.4, 0.5) is 17.1 Å². The molecular formula is C52H32N2. The quantitative estimate of drug-likeness (QED) is 0.179. The summed E-state index contributed by atoms with van der Waals surface area (Å²) in [6.45, 7) is 0. The number of nitrogens with zero attached hydrogens (tertiary/aromatic N) is 2. The molecule has 1 heterocycles. The van der Waals surface area contributed by atoms with Crippen molar-refractivity contribution in [2.24, 2.45) is 0 Å². The normalized spacial score (nSPS) is 12.1. The number of fused-ring (bicyclic) bond motifs is 8. The number of rotatable bonds is 4. The van der Waals surface area contributed by atoms with Crippen LogP contribution < -0.4 is 4.90 Å². The maximum absolute atomic E-state index is 2.47. The van der Waals surface area contributed by atoms with Gasteiger partial charge in [-0.05, 0) is 116 Å². The Kier molecular flexibility index (Phi) is 6.09. The summed E-state index contributed by atoms with van der Waals surface area (Å²) in [5.41, 5.74) is 19.9. The highest BCUT2D eigenvalue weighted by Crippen LogP contribution is 2.58. The fourth-order valence-corrected chi connectivity index (χ4v) is 9.42. The molecule has 0 atom stereocenters. The van der Waals surface area contributed by atoms with E-state index in [2.05, 4.69) is 204 Å². The van der Waals surface area contributed by atoms with Crippen LogP contribution in [-0.2, 0) is 0 Å². The molecule has 250 valence electrons. The largest absolute Gasteiger partial charge is 0.310 e. The van der Waals surface area contributed by atoms with E-state index in [1.807, 2.05) is 0 Å². The summed E-state index contributed by atoms with van der Waals surface area (Å²) in [6, 6.07) is 71.7. The third-order valence-corrected chi connectivity index (χ3v) is 11.7. The molecule has 0 radical (unpaired) electrons. The van der Waals surface area contributed by atoms with Gasteiger partial charge in [0.25, 0.3) is 0 Å². The second-order valence-electron chi connectivity index (χ2n) is 14.5. The van der Waals surface area contributed by atoms with Crippen LogP contribution in [-0.4, -0.2) is 4.57 Å². The number of hydrogen-bond donors (Lipinski definition) is 0. The molecule has 0 spiro atoms. The molecule has 0 saturated heterocycles. The van der Waals surface area contributed by atoms with Gasteiger partial charge in [-0.2, -0.15) is 0 Å². The van der Waals surface area contributed by atoms with Crippen molar-refractivity contribution in [3.63, 3.8) is 0 Å². The van der Waals surface area contributed by atoms with Crippen LogP contribution in [0.5, 0.6) is 0 Å². The second-order valence-corrected chi connectivity index (χ2v) is 14.5. The van der Waals surface area contributed by atoms with E-state index >= 15 is 0 Å². The van der Waals surface area contributed by atoms with Crippen molar-refractivity contribution in [1.82, 2.24) is 4.57 Å². The Morgan fingerprint density at radius 3 is 1.67 bits per heavy atom. The summed E-state index contributed by atoms with van der Waals surface area (Å²) < 4.78 is 2.39. The van der Waals surface area contributed by atoms with Crippen molar-refractivity contribution in [1.29, 1.82) is 0 Å². The van der Waals surface area contributed by atoms with Gasteiger partial charge in [0.15, 0.2) is 0 Å². The van der Waals surface area contributed by atoms with Crippen LogP contribution in [0.1, 0.15) is 0 Å². The minimum Gasteiger partial charge on any atom is -0.310 e. The highest BCUT2D eigenvalue weighted by atomic mass is 15.1. The van der Waals surface area contributed by atoms with Gasteiger partial charge in [-0.25, -0.2) is 0 Å². The van der Waals surface area contributed by atoms with Gasteiger partial charge in [-0.3, -0.25) is 0 Å². The average Bonchev–Trinajstić information content (AvgIpc) is 3.51. The van der Waals surface area contributed by atoms with Crippen LogP contribution in [0.3, 0.4) is 0 Å². The summed E-state index contributed by atoms with van der Waals surface area (Å²) in [5, 5.41) is 4.90. The van der Waals surface area contributed by atoms with Crippen molar-refractivity contribution < 1.29 is 0 Å². The molecule has 6 bridgehead atoms. The molecule has 0 aliphatic heterocycles. The fraction of sp³-hybridized carbons (Fsp3) is 0. The highest BCUT2D eigenvalue weighted by molar-refractivity contribution is 6.16. The predicted molar refractivity (Wildman–Crippen MR) is 227 cm³/mol. The summed E-state index contributed by atoms with van der Waals surface area (Å²) in [5.74, 6) is 0. The van der Waals surface area contributed by atoms with E-state index in [-0.39, 0.29) is 0 Å². The van der Waals surface area contributed by atoms with Crippen molar-refractivity contribution >= 4 is 49.6 Å². The van der Waals surface area contributed by atoms with Gasteiger partial charge in [0, 0.05) is 33.2 Å². The molecule has 2 aliphatic carbocycles. The molecule has 9 aromatic carbocycles. The van der Waals surface area contributed by atoms with E-state index in [1.165, 1.54) is 88.2 Å².